The average molecular weight is 250 g/mol. The Kier molecular flexibility index (Phi) is 4.98. The topological polar surface area (TPSA) is 85.4 Å². The Balaban J connectivity index is 2.49. The SMILES string of the molecule is COC(=O)CCC(=O)Nc1ccc(C(C)=O)cn1. The van der Waals surface area contributed by atoms with Gasteiger partial charge in [-0.3, -0.25) is 14.4 Å². The number of hydrogen-bond donors (Lipinski definition) is 1. The van der Waals surface area contributed by atoms with Crippen molar-refractivity contribution in [2.24, 2.45) is 0 Å². The third-order valence-corrected chi connectivity index (χ3v) is 2.22. The lowest BCUT2D eigenvalue weighted by Crippen LogP contribution is -2.14. The van der Waals surface area contributed by atoms with Crippen molar-refractivity contribution in [2.75, 3.05) is 12.4 Å². The van der Waals surface area contributed by atoms with Crippen molar-refractivity contribution in [1.29, 1.82) is 0 Å². The number of aromatic nitrogens is 1. The molecule has 0 aromatic carbocycles. The van der Waals surface area contributed by atoms with E-state index in [2.05, 4.69) is 15.0 Å². The summed E-state index contributed by atoms with van der Waals surface area (Å²) in [5.74, 6) is -0.519. The summed E-state index contributed by atoms with van der Waals surface area (Å²) in [4.78, 5) is 37.2. The quantitative estimate of drug-likeness (QED) is 0.626. The Morgan fingerprint density at radius 2 is 2.00 bits per heavy atom. The number of carbonyl (C=O) groups is 3. The minimum Gasteiger partial charge on any atom is -0.469 e. The predicted octanol–water partition coefficient (Wildman–Crippen LogP) is 1.18. The number of anilines is 1. The Bertz CT molecular complexity index is 454. The molecule has 0 atom stereocenters. The molecule has 0 saturated carbocycles. The van der Waals surface area contributed by atoms with Crippen molar-refractivity contribution >= 4 is 23.5 Å². The van der Waals surface area contributed by atoms with Gasteiger partial charge in [0.25, 0.3) is 0 Å². The minimum atomic E-state index is -0.440. The molecule has 1 rings (SSSR count). The van der Waals surface area contributed by atoms with E-state index in [9.17, 15) is 14.4 Å². The fourth-order valence-corrected chi connectivity index (χ4v) is 1.20. The molecule has 1 N–H and O–H groups in total. The zero-order chi connectivity index (χ0) is 13.5. The molecule has 1 aromatic rings. The zero-order valence-electron chi connectivity index (χ0n) is 10.2. The largest absolute Gasteiger partial charge is 0.469 e. The number of Topliss-reactive ketones (excluding diaryl/α,β-unsaturated/α-hetero) is 1. The van der Waals surface area contributed by atoms with Gasteiger partial charge in [0.15, 0.2) is 5.78 Å². The molecule has 96 valence electrons. The number of pyridine rings is 1. The molecule has 18 heavy (non-hydrogen) atoms. The summed E-state index contributed by atoms with van der Waals surface area (Å²) < 4.78 is 4.42. The number of nitrogens with zero attached hydrogens (tertiary/aromatic N) is 1. The molecule has 1 heterocycles. The summed E-state index contributed by atoms with van der Waals surface area (Å²) in [7, 11) is 1.27. The van der Waals surface area contributed by atoms with Crippen molar-refractivity contribution in [3.63, 3.8) is 0 Å². The summed E-state index contributed by atoms with van der Waals surface area (Å²) in [6.45, 7) is 1.44. The first-order valence-electron chi connectivity index (χ1n) is 5.36. The van der Waals surface area contributed by atoms with Crippen LogP contribution < -0.4 is 5.32 Å². The van der Waals surface area contributed by atoms with Crippen LogP contribution >= 0.6 is 0 Å². The number of rotatable bonds is 5. The second-order valence-electron chi connectivity index (χ2n) is 3.61. The molecule has 1 amide bonds. The normalized spacial score (nSPS) is 9.67. The van der Waals surface area contributed by atoms with Crippen LogP contribution in [0.4, 0.5) is 5.82 Å². The van der Waals surface area contributed by atoms with Crippen LogP contribution in [0.3, 0.4) is 0 Å². The van der Waals surface area contributed by atoms with Crippen LogP contribution in [-0.4, -0.2) is 29.8 Å². The third-order valence-electron chi connectivity index (χ3n) is 2.22. The standard InChI is InChI=1S/C12H14N2O4/c1-8(15)9-3-4-10(13-7-9)14-11(16)5-6-12(17)18-2/h3-4,7H,5-6H2,1-2H3,(H,13,14,16). The van der Waals surface area contributed by atoms with Gasteiger partial charge in [-0.05, 0) is 19.1 Å². The minimum absolute atomic E-state index is 0.0217. The molecule has 0 bridgehead atoms. The molecule has 0 aliphatic rings. The van der Waals surface area contributed by atoms with Gasteiger partial charge < -0.3 is 10.1 Å². The molecule has 6 nitrogen and oxygen atoms in total. The number of ether oxygens (including phenoxy) is 1. The molecule has 0 aliphatic heterocycles. The van der Waals surface area contributed by atoms with Crippen molar-refractivity contribution in [1.82, 2.24) is 4.98 Å². The summed E-state index contributed by atoms with van der Waals surface area (Å²) in [5, 5.41) is 2.52. The molecule has 0 fully saturated rings. The van der Waals surface area contributed by atoms with E-state index < -0.39 is 5.97 Å². The van der Waals surface area contributed by atoms with Crippen molar-refractivity contribution in [2.45, 2.75) is 19.8 Å². The van der Waals surface area contributed by atoms with E-state index in [1.807, 2.05) is 0 Å². The van der Waals surface area contributed by atoms with E-state index in [1.54, 1.807) is 6.07 Å². The molecule has 0 aliphatic carbocycles. The lowest BCUT2D eigenvalue weighted by molar-refractivity contribution is -0.141. The summed E-state index contributed by atoms with van der Waals surface area (Å²) in [6, 6.07) is 3.11. The Morgan fingerprint density at radius 3 is 2.50 bits per heavy atom. The second-order valence-corrected chi connectivity index (χ2v) is 3.61. The summed E-state index contributed by atoms with van der Waals surface area (Å²) in [5.41, 5.74) is 0.475. The maximum Gasteiger partial charge on any atom is 0.306 e. The fourth-order valence-electron chi connectivity index (χ4n) is 1.20. The third kappa shape index (κ3) is 4.32. The van der Waals surface area contributed by atoms with Crippen molar-refractivity contribution in [3.05, 3.63) is 23.9 Å². The van der Waals surface area contributed by atoms with E-state index >= 15 is 0 Å². The number of methoxy groups -OCH3 is 1. The maximum atomic E-state index is 11.4. The van der Waals surface area contributed by atoms with Crippen molar-refractivity contribution < 1.29 is 19.1 Å². The van der Waals surface area contributed by atoms with Crippen LogP contribution in [0, 0.1) is 0 Å². The van der Waals surface area contributed by atoms with Gasteiger partial charge in [0.05, 0.1) is 13.5 Å². The number of hydrogen-bond acceptors (Lipinski definition) is 5. The number of amides is 1. The van der Waals surface area contributed by atoms with E-state index in [0.717, 1.165) is 0 Å². The average Bonchev–Trinajstić information content (AvgIpc) is 2.36. The van der Waals surface area contributed by atoms with Crippen LogP contribution in [0.5, 0.6) is 0 Å². The zero-order valence-corrected chi connectivity index (χ0v) is 10.2. The van der Waals surface area contributed by atoms with Gasteiger partial charge in [-0.2, -0.15) is 0 Å². The summed E-state index contributed by atoms with van der Waals surface area (Å²) in [6.07, 6.45) is 1.44. The Labute approximate surface area is 104 Å². The highest BCUT2D eigenvalue weighted by atomic mass is 16.5. The molecular weight excluding hydrogens is 236 g/mol. The van der Waals surface area contributed by atoms with Crippen LogP contribution in [0.2, 0.25) is 0 Å². The number of ketones is 1. The van der Waals surface area contributed by atoms with Gasteiger partial charge in [-0.15, -0.1) is 0 Å². The lowest BCUT2D eigenvalue weighted by Gasteiger charge is -2.04. The Hall–Kier alpha value is -2.24. The lowest BCUT2D eigenvalue weighted by atomic mass is 10.2. The first kappa shape index (κ1) is 13.8. The van der Waals surface area contributed by atoms with Crippen LogP contribution in [0.1, 0.15) is 30.1 Å². The predicted molar refractivity (Wildman–Crippen MR) is 64.1 cm³/mol. The van der Waals surface area contributed by atoms with Gasteiger partial charge in [0, 0.05) is 18.2 Å². The molecule has 6 heteroatoms. The van der Waals surface area contributed by atoms with Crippen LogP contribution in [-0.2, 0) is 14.3 Å². The first-order valence-corrected chi connectivity index (χ1v) is 5.36. The smallest absolute Gasteiger partial charge is 0.306 e. The highest BCUT2D eigenvalue weighted by Gasteiger charge is 2.08. The van der Waals surface area contributed by atoms with Gasteiger partial charge >= 0.3 is 5.97 Å². The number of esters is 1. The second kappa shape index (κ2) is 6.48. The van der Waals surface area contributed by atoms with Gasteiger partial charge in [0.1, 0.15) is 5.82 Å². The molecule has 0 spiro atoms. The Morgan fingerprint density at radius 1 is 1.28 bits per heavy atom. The molecule has 1 aromatic heterocycles. The van der Waals surface area contributed by atoms with E-state index in [4.69, 9.17) is 0 Å². The van der Waals surface area contributed by atoms with E-state index in [0.29, 0.717) is 11.4 Å². The molecular formula is C12H14N2O4. The van der Waals surface area contributed by atoms with Crippen LogP contribution in [0.25, 0.3) is 0 Å². The van der Waals surface area contributed by atoms with Gasteiger partial charge in [-0.1, -0.05) is 0 Å². The first-order chi connectivity index (χ1) is 8.52. The van der Waals surface area contributed by atoms with Gasteiger partial charge in [0.2, 0.25) is 5.91 Å². The highest BCUT2D eigenvalue weighted by molar-refractivity contribution is 5.95. The van der Waals surface area contributed by atoms with Crippen LogP contribution in [0.15, 0.2) is 18.3 Å². The molecule has 0 saturated heterocycles. The highest BCUT2D eigenvalue weighted by Crippen LogP contribution is 2.06. The number of carbonyl (C=O) groups excluding carboxylic acids is 3. The van der Waals surface area contributed by atoms with E-state index in [1.165, 1.54) is 26.3 Å². The van der Waals surface area contributed by atoms with E-state index in [-0.39, 0.29) is 24.5 Å². The monoisotopic (exact) mass is 250 g/mol. The van der Waals surface area contributed by atoms with Crippen molar-refractivity contribution in [3.8, 4) is 0 Å². The fraction of sp³-hybridized carbons (Fsp3) is 0.333. The maximum absolute atomic E-state index is 11.4. The number of nitrogens with one attached hydrogen (secondary N) is 1. The molecule has 0 radical (unpaired) electrons. The van der Waals surface area contributed by atoms with Gasteiger partial charge in [-0.25, -0.2) is 4.98 Å². The molecule has 0 unspecified atom stereocenters. The summed E-state index contributed by atoms with van der Waals surface area (Å²) >= 11 is 0.